The number of aryl methyl sites for hydroxylation is 1. The van der Waals surface area contributed by atoms with Crippen molar-refractivity contribution >= 4 is 12.8 Å². The Labute approximate surface area is 66.6 Å². The lowest BCUT2D eigenvalue weighted by atomic mass is 10.2. The Morgan fingerprint density at radius 3 is 2.90 bits per heavy atom. The van der Waals surface area contributed by atoms with Gasteiger partial charge in [-0.15, -0.1) is 0 Å². The van der Waals surface area contributed by atoms with E-state index in [0.717, 1.165) is 19.4 Å². The lowest BCUT2D eigenvalue weighted by Crippen LogP contribution is -1.99. The molecule has 0 aromatic carbocycles. The second-order valence-electron chi connectivity index (χ2n) is 2.29. The highest BCUT2D eigenvalue weighted by molar-refractivity contribution is 7.78. The van der Waals surface area contributed by atoms with Crippen molar-refractivity contribution in [3.63, 3.8) is 0 Å². The van der Waals surface area contributed by atoms with E-state index in [-0.39, 0.29) is 0 Å². The van der Waals surface area contributed by atoms with Crippen LogP contribution in [0.5, 0.6) is 0 Å². The van der Waals surface area contributed by atoms with Gasteiger partial charge in [0.2, 0.25) is 0 Å². The summed E-state index contributed by atoms with van der Waals surface area (Å²) >= 11 is 4.11. The first-order chi connectivity index (χ1) is 4.83. The number of nitrogens with zero attached hydrogens (tertiary/aromatic N) is 1. The van der Waals surface area contributed by atoms with E-state index in [2.05, 4.69) is 18.9 Å². The molecule has 2 N–H and O–H groups in total. The molecule has 0 bridgehead atoms. The molecule has 3 heteroatoms. The molecule has 0 atom stereocenters. The van der Waals surface area contributed by atoms with Crippen molar-refractivity contribution in [2.45, 2.75) is 12.8 Å². The molecule has 2 nitrogen and oxygen atoms in total. The van der Waals surface area contributed by atoms with Crippen LogP contribution < -0.4 is 5.73 Å². The molecule has 0 amide bonds. The van der Waals surface area contributed by atoms with Crippen LogP contribution in [0.2, 0.25) is 0 Å². The molecule has 0 fully saturated rings. The molecule has 1 rings (SSSR count). The van der Waals surface area contributed by atoms with E-state index in [0.29, 0.717) is 0 Å². The van der Waals surface area contributed by atoms with Crippen LogP contribution in [0, 0.1) is 0 Å². The zero-order valence-corrected chi connectivity index (χ0v) is 6.72. The van der Waals surface area contributed by atoms with Gasteiger partial charge in [0.05, 0.1) is 0 Å². The Bertz CT molecular complexity index is 195. The summed E-state index contributed by atoms with van der Waals surface area (Å²) in [5.41, 5.74) is 6.66. The molecular weight excluding hydrogens is 144 g/mol. The van der Waals surface area contributed by atoms with Crippen molar-refractivity contribution in [2.75, 3.05) is 6.54 Å². The largest absolute Gasteiger partial charge is 0.330 e. The fraction of sp³-hybridized carbons (Fsp3) is 0.429. The number of nitrogens with two attached hydrogens (primary N) is 1. The van der Waals surface area contributed by atoms with E-state index >= 15 is 0 Å². The minimum absolute atomic E-state index is 0.762. The van der Waals surface area contributed by atoms with Crippen LogP contribution in [0.25, 0.3) is 0 Å². The van der Waals surface area contributed by atoms with Gasteiger partial charge in [0.25, 0.3) is 0 Å². The number of aromatic nitrogens is 1. The monoisotopic (exact) mass is 156 g/mol. The quantitative estimate of drug-likeness (QED) is 0.630. The Balaban J connectivity index is 2.42. The summed E-state index contributed by atoms with van der Waals surface area (Å²) in [6, 6.07) is 2.06. The first-order valence-corrected chi connectivity index (χ1v) is 3.79. The maximum Gasteiger partial charge on any atom is 0.0186 e. The van der Waals surface area contributed by atoms with E-state index in [1.165, 1.54) is 5.56 Å². The predicted molar refractivity (Wildman–Crippen MR) is 46.2 cm³/mol. The molecular formula is C7H12N2S. The van der Waals surface area contributed by atoms with Gasteiger partial charge in [0.1, 0.15) is 0 Å². The van der Waals surface area contributed by atoms with E-state index in [1.807, 2.05) is 12.4 Å². The van der Waals surface area contributed by atoms with Gasteiger partial charge in [-0.25, -0.2) is 0 Å². The molecule has 0 aliphatic carbocycles. The minimum Gasteiger partial charge on any atom is -0.330 e. The summed E-state index contributed by atoms with van der Waals surface area (Å²) in [5, 5.41) is 0. The van der Waals surface area contributed by atoms with Gasteiger partial charge in [-0.1, -0.05) is 12.8 Å². The van der Waals surface area contributed by atoms with Gasteiger partial charge < -0.3 is 9.71 Å². The topological polar surface area (TPSA) is 30.9 Å². The summed E-state index contributed by atoms with van der Waals surface area (Å²) in [6.07, 6.45) is 6.04. The molecule has 0 saturated carbocycles. The van der Waals surface area contributed by atoms with E-state index < -0.39 is 0 Å². The lowest BCUT2D eigenvalue weighted by Gasteiger charge is -1.91. The highest BCUT2D eigenvalue weighted by Gasteiger charge is 1.92. The average Bonchev–Trinajstić information content (AvgIpc) is 2.31. The number of thiol groups is 1. The van der Waals surface area contributed by atoms with Crippen molar-refractivity contribution in [3.05, 3.63) is 24.0 Å². The third kappa shape index (κ3) is 2.08. The Hall–Kier alpha value is -0.410. The van der Waals surface area contributed by atoms with Crippen LogP contribution in [0.4, 0.5) is 0 Å². The first-order valence-electron chi connectivity index (χ1n) is 3.39. The predicted octanol–water partition coefficient (Wildman–Crippen LogP) is 1.07. The first kappa shape index (κ1) is 7.69. The summed E-state index contributed by atoms with van der Waals surface area (Å²) in [4.78, 5) is 0. The van der Waals surface area contributed by atoms with Gasteiger partial charge in [0.15, 0.2) is 0 Å². The van der Waals surface area contributed by atoms with Crippen LogP contribution in [-0.2, 0) is 6.42 Å². The zero-order valence-electron chi connectivity index (χ0n) is 5.83. The number of hydrogen-bond acceptors (Lipinski definition) is 2. The molecule has 0 spiro atoms. The SMILES string of the molecule is NCCCc1ccn(S)c1. The third-order valence-corrected chi connectivity index (χ3v) is 1.66. The Morgan fingerprint density at radius 1 is 1.60 bits per heavy atom. The Kier molecular flexibility index (Phi) is 2.83. The average molecular weight is 156 g/mol. The molecule has 56 valence electrons. The van der Waals surface area contributed by atoms with Crippen LogP contribution in [0.1, 0.15) is 12.0 Å². The number of hydrogen-bond donors (Lipinski definition) is 2. The summed E-state index contributed by atoms with van der Waals surface area (Å²) in [7, 11) is 0. The molecule has 1 aromatic rings. The van der Waals surface area contributed by atoms with Crippen LogP contribution in [-0.4, -0.2) is 10.5 Å². The Morgan fingerprint density at radius 2 is 2.40 bits per heavy atom. The van der Waals surface area contributed by atoms with Gasteiger partial charge >= 0.3 is 0 Å². The molecule has 0 saturated heterocycles. The van der Waals surface area contributed by atoms with Crippen LogP contribution >= 0.6 is 12.8 Å². The van der Waals surface area contributed by atoms with E-state index in [4.69, 9.17) is 5.73 Å². The molecule has 0 radical (unpaired) electrons. The lowest BCUT2D eigenvalue weighted by molar-refractivity contribution is 0.833. The van der Waals surface area contributed by atoms with E-state index in [9.17, 15) is 0 Å². The molecule has 10 heavy (non-hydrogen) atoms. The highest BCUT2D eigenvalue weighted by atomic mass is 32.1. The second-order valence-corrected chi connectivity index (χ2v) is 2.75. The van der Waals surface area contributed by atoms with Crippen molar-refractivity contribution in [2.24, 2.45) is 5.73 Å². The summed E-state index contributed by atoms with van der Waals surface area (Å²) < 4.78 is 1.76. The van der Waals surface area contributed by atoms with E-state index in [1.54, 1.807) is 3.97 Å². The summed E-state index contributed by atoms with van der Waals surface area (Å²) in [6.45, 7) is 0.762. The van der Waals surface area contributed by atoms with Gasteiger partial charge in [-0.05, 0) is 31.0 Å². The fourth-order valence-corrected chi connectivity index (χ4v) is 1.10. The van der Waals surface area contributed by atoms with Gasteiger partial charge in [0, 0.05) is 12.4 Å². The van der Waals surface area contributed by atoms with Gasteiger partial charge in [-0.2, -0.15) is 0 Å². The normalized spacial score (nSPS) is 10.2. The standard InChI is InChI=1S/C7H12N2S/c8-4-1-2-7-3-5-9(10)6-7/h3,5-6,10H,1-2,4,8H2. The fourth-order valence-electron chi connectivity index (χ4n) is 0.882. The molecule has 1 heterocycles. The molecule has 1 aromatic heterocycles. The van der Waals surface area contributed by atoms with Crippen LogP contribution in [0.3, 0.4) is 0 Å². The molecule has 0 aliphatic rings. The van der Waals surface area contributed by atoms with Crippen molar-refractivity contribution in [1.82, 2.24) is 3.97 Å². The molecule has 0 aliphatic heterocycles. The third-order valence-electron chi connectivity index (χ3n) is 1.41. The van der Waals surface area contributed by atoms with Crippen LogP contribution in [0.15, 0.2) is 18.5 Å². The second kappa shape index (κ2) is 3.68. The highest BCUT2D eigenvalue weighted by Crippen LogP contribution is 2.04. The maximum absolute atomic E-state index is 5.36. The van der Waals surface area contributed by atoms with Crippen molar-refractivity contribution in [3.8, 4) is 0 Å². The number of rotatable bonds is 3. The van der Waals surface area contributed by atoms with Crippen molar-refractivity contribution < 1.29 is 0 Å². The smallest absolute Gasteiger partial charge is 0.0186 e. The van der Waals surface area contributed by atoms with Crippen molar-refractivity contribution in [1.29, 1.82) is 0 Å². The van der Waals surface area contributed by atoms with Gasteiger partial charge in [-0.3, -0.25) is 0 Å². The minimum atomic E-state index is 0.762. The summed E-state index contributed by atoms with van der Waals surface area (Å²) in [5.74, 6) is 0. The zero-order chi connectivity index (χ0) is 7.40. The molecule has 0 unspecified atom stereocenters. The maximum atomic E-state index is 5.36.